The van der Waals surface area contributed by atoms with Crippen LogP contribution in [0.15, 0.2) is 47.4 Å². The number of halogens is 1. The Morgan fingerprint density at radius 1 is 1.04 bits per heavy atom. The van der Waals surface area contributed by atoms with Crippen molar-refractivity contribution in [1.29, 1.82) is 0 Å². The number of hydrogen-bond donors (Lipinski definition) is 0. The van der Waals surface area contributed by atoms with E-state index in [9.17, 15) is 12.8 Å². The van der Waals surface area contributed by atoms with Gasteiger partial charge in [0.1, 0.15) is 0 Å². The second kappa shape index (κ2) is 7.01. The molecule has 0 atom stereocenters. The van der Waals surface area contributed by atoms with Crippen molar-refractivity contribution in [2.75, 3.05) is 38.2 Å². The molecule has 0 aliphatic carbocycles. The number of anilines is 1. The molecule has 0 bridgehead atoms. The van der Waals surface area contributed by atoms with Gasteiger partial charge >= 0.3 is 0 Å². The van der Waals surface area contributed by atoms with Gasteiger partial charge in [-0.1, -0.05) is 12.1 Å². The highest BCUT2D eigenvalue weighted by Crippen LogP contribution is 2.25. The lowest BCUT2D eigenvalue weighted by Crippen LogP contribution is -2.48. The minimum Gasteiger partial charge on any atom is -0.494 e. The maximum absolute atomic E-state index is 13.9. The molecule has 1 aliphatic rings. The molecule has 3 rings (SSSR count). The van der Waals surface area contributed by atoms with E-state index in [0.29, 0.717) is 26.2 Å². The number of rotatable bonds is 4. The summed E-state index contributed by atoms with van der Waals surface area (Å²) in [6, 6.07) is 11.9. The van der Waals surface area contributed by atoms with Gasteiger partial charge in [0.2, 0.25) is 10.0 Å². The summed E-state index contributed by atoms with van der Waals surface area (Å²) in [5.41, 5.74) is 2.26. The maximum Gasteiger partial charge on any atom is 0.243 e. The molecule has 1 heterocycles. The van der Waals surface area contributed by atoms with E-state index in [1.165, 1.54) is 29.1 Å². The predicted octanol–water partition coefficient (Wildman–Crippen LogP) is 2.65. The summed E-state index contributed by atoms with van der Waals surface area (Å²) in [7, 11) is -2.37. The molecule has 1 fully saturated rings. The summed E-state index contributed by atoms with van der Waals surface area (Å²) in [5.74, 6) is -0.648. The third kappa shape index (κ3) is 3.62. The first kappa shape index (κ1) is 17.7. The minimum atomic E-state index is -3.71. The summed E-state index contributed by atoms with van der Waals surface area (Å²) in [6.07, 6.45) is 0. The average molecular weight is 364 g/mol. The standard InChI is InChI=1S/C18H21FN2O3S/c1-14-4-3-5-15(12-14)20-8-10-21(11-9-20)25(22,23)16-6-7-18(24-2)17(19)13-16/h3-7,12-13H,8-11H2,1-2H3. The van der Waals surface area contributed by atoms with Crippen LogP contribution in [0.1, 0.15) is 5.56 Å². The van der Waals surface area contributed by atoms with Crippen LogP contribution in [0.25, 0.3) is 0 Å². The van der Waals surface area contributed by atoms with E-state index in [1.54, 1.807) is 0 Å². The van der Waals surface area contributed by atoms with Crippen molar-refractivity contribution < 1.29 is 17.5 Å². The van der Waals surface area contributed by atoms with Crippen LogP contribution in [0.5, 0.6) is 5.75 Å². The molecule has 134 valence electrons. The van der Waals surface area contributed by atoms with Gasteiger partial charge in [-0.25, -0.2) is 12.8 Å². The van der Waals surface area contributed by atoms with Gasteiger partial charge in [-0.15, -0.1) is 0 Å². The van der Waals surface area contributed by atoms with Crippen LogP contribution in [0.4, 0.5) is 10.1 Å². The Bertz CT molecular complexity index is 862. The molecule has 2 aromatic carbocycles. The van der Waals surface area contributed by atoms with Gasteiger partial charge < -0.3 is 9.64 Å². The Kier molecular flexibility index (Phi) is 4.96. The molecule has 0 aromatic heterocycles. The SMILES string of the molecule is COc1ccc(S(=O)(=O)N2CCN(c3cccc(C)c3)CC2)cc1F. The molecule has 0 amide bonds. The van der Waals surface area contributed by atoms with E-state index >= 15 is 0 Å². The predicted molar refractivity (Wildman–Crippen MR) is 95.1 cm³/mol. The molecule has 0 radical (unpaired) electrons. The number of piperazine rings is 1. The maximum atomic E-state index is 13.9. The van der Waals surface area contributed by atoms with E-state index in [4.69, 9.17) is 4.74 Å². The number of aryl methyl sites for hydroxylation is 1. The number of ether oxygens (including phenoxy) is 1. The number of sulfonamides is 1. The molecule has 5 nitrogen and oxygen atoms in total. The quantitative estimate of drug-likeness (QED) is 0.837. The van der Waals surface area contributed by atoms with Crippen molar-refractivity contribution >= 4 is 15.7 Å². The molecule has 1 aliphatic heterocycles. The Morgan fingerprint density at radius 2 is 1.76 bits per heavy atom. The fourth-order valence-corrected chi connectivity index (χ4v) is 4.40. The summed E-state index contributed by atoms with van der Waals surface area (Å²) in [6.45, 7) is 3.96. The zero-order valence-electron chi connectivity index (χ0n) is 14.3. The van der Waals surface area contributed by atoms with Gasteiger partial charge in [-0.2, -0.15) is 4.31 Å². The van der Waals surface area contributed by atoms with Crippen LogP contribution in [-0.2, 0) is 10.0 Å². The van der Waals surface area contributed by atoms with Crippen molar-refractivity contribution in [3.05, 3.63) is 53.8 Å². The van der Waals surface area contributed by atoms with E-state index in [1.807, 2.05) is 25.1 Å². The Hall–Kier alpha value is -2.12. The lowest BCUT2D eigenvalue weighted by molar-refractivity contribution is 0.380. The second-order valence-corrected chi connectivity index (χ2v) is 7.96. The Labute approximate surface area is 147 Å². The first-order valence-electron chi connectivity index (χ1n) is 8.07. The first-order chi connectivity index (χ1) is 11.9. The van der Waals surface area contributed by atoms with E-state index in [2.05, 4.69) is 11.0 Å². The smallest absolute Gasteiger partial charge is 0.243 e. The molecular weight excluding hydrogens is 343 g/mol. The normalized spacial score (nSPS) is 16.0. The molecular formula is C18H21FN2O3S. The largest absolute Gasteiger partial charge is 0.494 e. The lowest BCUT2D eigenvalue weighted by Gasteiger charge is -2.35. The van der Waals surface area contributed by atoms with Crippen molar-refractivity contribution in [1.82, 2.24) is 4.31 Å². The molecule has 25 heavy (non-hydrogen) atoms. The second-order valence-electron chi connectivity index (χ2n) is 6.03. The lowest BCUT2D eigenvalue weighted by atomic mass is 10.2. The number of nitrogens with zero attached hydrogens (tertiary/aromatic N) is 2. The van der Waals surface area contributed by atoms with E-state index < -0.39 is 15.8 Å². The van der Waals surface area contributed by atoms with E-state index in [0.717, 1.165) is 11.8 Å². The van der Waals surface area contributed by atoms with Crippen LogP contribution in [0.2, 0.25) is 0 Å². The highest BCUT2D eigenvalue weighted by atomic mass is 32.2. The minimum absolute atomic E-state index is 0.0308. The molecule has 0 unspecified atom stereocenters. The molecule has 0 saturated carbocycles. The van der Waals surface area contributed by atoms with Gasteiger partial charge in [-0.3, -0.25) is 0 Å². The molecule has 0 N–H and O–H groups in total. The van der Waals surface area contributed by atoms with E-state index in [-0.39, 0.29) is 10.6 Å². The van der Waals surface area contributed by atoms with Crippen LogP contribution in [0.3, 0.4) is 0 Å². The van der Waals surface area contributed by atoms with Crippen LogP contribution >= 0.6 is 0 Å². The summed E-state index contributed by atoms with van der Waals surface area (Å²) >= 11 is 0. The van der Waals surface area contributed by atoms with Gasteiger partial charge in [0, 0.05) is 31.9 Å². The van der Waals surface area contributed by atoms with Crippen LogP contribution < -0.4 is 9.64 Å². The number of benzene rings is 2. The molecule has 0 spiro atoms. The number of hydrogen-bond acceptors (Lipinski definition) is 4. The Morgan fingerprint density at radius 3 is 2.36 bits per heavy atom. The Balaban J connectivity index is 1.74. The summed E-state index contributed by atoms with van der Waals surface area (Å²) < 4.78 is 45.6. The molecule has 1 saturated heterocycles. The highest BCUT2D eigenvalue weighted by molar-refractivity contribution is 7.89. The summed E-state index contributed by atoms with van der Waals surface area (Å²) in [4.78, 5) is 2.11. The third-order valence-electron chi connectivity index (χ3n) is 4.37. The monoisotopic (exact) mass is 364 g/mol. The first-order valence-corrected chi connectivity index (χ1v) is 9.51. The molecule has 2 aromatic rings. The van der Waals surface area contributed by atoms with Crippen LogP contribution in [-0.4, -0.2) is 46.0 Å². The van der Waals surface area contributed by atoms with Crippen molar-refractivity contribution in [2.45, 2.75) is 11.8 Å². The zero-order valence-corrected chi connectivity index (χ0v) is 15.1. The van der Waals surface area contributed by atoms with Crippen LogP contribution in [0, 0.1) is 12.7 Å². The van der Waals surface area contributed by atoms with Gasteiger partial charge in [-0.05, 0) is 42.8 Å². The highest BCUT2D eigenvalue weighted by Gasteiger charge is 2.29. The number of methoxy groups -OCH3 is 1. The van der Waals surface area contributed by atoms with Crippen molar-refractivity contribution in [2.24, 2.45) is 0 Å². The van der Waals surface area contributed by atoms with Gasteiger partial charge in [0.25, 0.3) is 0 Å². The van der Waals surface area contributed by atoms with Gasteiger partial charge in [0.05, 0.1) is 12.0 Å². The zero-order chi connectivity index (χ0) is 18.0. The summed E-state index contributed by atoms with van der Waals surface area (Å²) in [5, 5.41) is 0. The molecule has 7 heteroatoms. The van der Waals surface area contributed by atoms with Crippen molar-refractivity contribution in [3.8, 4) is 5.75 Å². The fraction of sp³-hybridized carbons (Fsp3) is 0.333. The third-order valence-corrected chi connectivity index (χ3v) is 6.26. The topological polar surface area (TPSA) is 49.9 Å². The fourth-order valence-electron chi connectivity index (χ4n) is 2.97. The average Bonchev–Trinajstić information content (AvgIpc) is 2.61. The van der Waals surface area contributed by atoms with Crippen molar-refractivity contribution in [3.63, 3.8) is 0 Å². The van der Waals surface area contributed by atoms with Gasteiger partial charge in [0.15, 0.2) is 11.6 Å².